The Bertz CT molecular complexity index is 703. The fraction of sp³-hybridized carbons (Fsp3) is 0.312. The van der Waals surface area contributed by atoms with E-state index in [4.69, 9.17) is 9.84 Å². The Labute approximate surface area is 133 Å². The summed E-state index contributed by atoms with van der Waals surface area (Å²) in [5, 5.41) is 14.9. The Morgan fingerprint density at radius 2 is 2.04 bits per heavy atom. The van der Waals surface area contributed by atoms with Crippen LogP contribution in [0.1, 0.15) is 18.4 Å². The van der Waals surface area contributed by atoms with Crippen LogP contribution in [0.25, 0.3) is 10.9 Å². The van der Waals surface area contributed by atoms with Crippen molar-refractivity contribution in [1.29, 1.82) is 0 Å². The highest BCUT2D eigenvalue weighted by atomic mass is 16.5. The third-order valence-electron chi connectivity index (χ3n) is 3.28. The number of pyridine rings is 1. The standard InChI is InChI=1S/C16H19N3O4/c1-23-14-9-11(12-5-2-3-6-13(12)19-14)10-18-16(22)17-8-4-7-15(20)21/h2-3,5-6,9H,4,7-8,10H2,1H3,(H,20,21)(H2,17,18,22). The number of amides is 2. The van der Waals surface area contributed by atoms with Crippen LogP contribution in [-0.2, 0) is 11.3 Å². The lowest BCUT2D eigenvalue weighted by molar-refractivity contribution is -0.137. The predicted molar refractivity (Wildman–Crippen MR) is 85.4 cm³/mol. The first-order chi connectivity index (χ1) is 11.1. The normalized spacial score (nSPS) is 10.3. The molecule has 0 aliphatic carbocycles. The maximum atomic E-state index is 11.7. The van der Waals surface area contributed by atoms with Crippen molar-refractivity contribution < 1.29 is 19.4 Å². The zero-order chi connectivity index (χ0) is 16.7. The highest BCUT2D eigenvalue weighted by Gasteiger charge is 2.07. The third kappa shape index (κ3) is 4.84. The Kier molecular flexibility index (Phi) is 5.74. The third-order valence-corrected chi connectivity index (χ3v) is 3.28. The summed E-state index contributed by atoms with van der Waals surface area (Å²) in [7, 11) is 1.55. The van der Waals surface area contributed by atoms with Gasteiger partial charge in [0.15, 0.2) is 0 Å². The van der Waals surface area contributed by atoms with Gasteiger partial charge in [-0.3, -0.25) is 4.79 Å². The topological polar surface area (TPSA) is 101 Å². The molecule has 0 radical (unpaired) electrons. The zero-order valence-electron chi connectivity index (χ0n) is 12.8. The molecule has 1 aromatic carbocycles. The lowest BCUT2D eigenvalue weighted by atomic mass is 10.1. The van der Waals surface area contributed by atoms with Gasteiger partial charge in [0.1, 0.15) is 0 Å². The van der Waals surface area contributed by atoms with E-state index in [2.05, 4.69) is 15.6 Å². The van der Waals surface area contributed by atoms with Gasteiger partial charge in [-0.05, 0) is 18.1 Å². The summed E-state index contributed by atoms with van der Waals surface area (Å²) in [4.78, 5) is 26.5. The van der Waals surface area contributed by atoms with Crippen molar-refractivity contribution in [1.82, 2.24) is 15.6 Å². The number of aliphatic carboxylic acids is 1. The first-order valence-corrected chi connectivity index (χ1v) is 7.26. The molecule has 2 amide bonds. The van der Waals surface area contributed by atoms with Gasteiger partial charge in [-0.25, -0.2) is 9.78 Å². The molecule has 0 saturated carbocycles. The molecule has 7 nitrogen and oxygen atoms in total. The van der Waals surface area contributed by atoms with E-state index in [9.17, 15) is 9.59 Å². The minimum absolute atomic E-state index is 0.0342. The maximum absolute atomic E-state index is 11.7. The van der Waals surface area contributed by atoms with Gasteiger partial charge >= 0.3 is 12.0 Å². The number of carbonyl (C=O) groups is 2. The number of urea groups is 1. The van der Waals surface area contributed by atoms with E-state index in [0.717, 1.165) is 16.5 Å². The van der Waals surface area contributed by atoms with Crippen LogP contribution in [0.3, 0.4) is 0 Å². The number of methoxy groups -OCH3 is 1. The number of carboxylic acids is 1. The van der Waals surface area contributed by atoms with E-state index in [1.807, 2.05) is 24.3 Å². The average Bonchev–Trinajstić information content (AvgIpc) is 2.56. The fourth-order valence-electron chi connectivity index (χ4n) is 2.15. The minimum atomic E-state index is -0.873. The number of aromatic nitrogens is 1. The number of ether oxygens (including phenoxy) is 1. The number of nitrogens with zero attached hydrogens (tertiary/aromatic N) is 1. The van der Waals surface area contributed by atoms with E-state index in [0.29, 0.717) is 25.4 Å². The van der Waals surface area contributed by atoms with Crippen LogP contribution < -0.4 is 15.4 Å². The quantitative estimate of drug-likeness (QED) is 0.677. The highest BCUT2D eigenvalue weighted by molar-refractivity contribution is 5.83. The van der Waals surface area contributed by atoms with Crippen molar-refractivity contribution in [3.8, 4) is 5.88 Å². The largest absolute Gasteiger partial charge is 0.481 e. The summed E-state index contributed by atoms with van der Waals surface area (Å²) in [6, 6.07) is 9.06. The summed E-state index contributed by atoms with van der Waals surface area (Å²) in [5.41, 5.74) is 1.69. The van der Waals surface area contributed by atoms with E-state index in [-0.39, 0.29) is 12.5 Å². The van der Waals surface area contributed by atoms with Crippen LogP contribution in [0.2, 0.25) is 0 Å². The van der Waals surface area contributed by atoms with Gasteiger partial charge in [-0.15, -0.1) is 0 Å². The first-order valence-electron chi connectivity index (χ1n) is 7.26. The van der Waals surface area contributed by atoms with Crippen molar-refractivity contribution in [2.24, 2.45) is 0 Å². The molecule has 0 aliphatic rings. The molecule has 0 unspecified atom stereocenters. The molecule has 0 atom stereocenters. The molecule has 1 aromatic heterocycles. The van der Waals surface area contributed by atoms with Crippen LogP contribution in [0.4, 0.5) is 4.79 Å². The van der Waals surface area contributed by atoms with Gasteiger partial charge in [0.2, 0.25) is 5.88 Å². The number of carbonyl (C=O) groups excluding carboxylic acids is 1. The number of rotatable bonds is 7. The lowest BCUT2D eigenvalue weighted by Gasteiger charge is -2.11. The van der Waals surface area contributed by atoms with E-state index in [1.165, 1.54) is 0 Å². The van der Waals surface area contributed by atoms with Gasteiger partial charge in [0.05, 0.1) is 12.6 Å². The second kappa shape index (κ2) is 7.98. The number of hydrogen-bond acceptors (Lipinski definition) is 4. The Hall–Kier alpha value is -2.83. The number of fused-ring (bicyclic) bond motifs is 1. The molecule has 0 aliphatic heterocycles. The molecule has 0 fully saturated rings. The van der Waals surface area contributed by atoms with Gasteiger partial charge in [-0.2, -0.15) is 0 Å². The summed E-state index contributed by atoms with van der Waals surface area (Å²) in [6.45, 7) is 0.642. The van der Waals surface area contributed by atoms with Crippen LogP contribution in [0, 0.1) is 0 Å². The number of nitrogens with one attached hydrogen (secondary N) is 2. The van der Waals surface area contributed by atoms with Crippen LogP contribution >= 0.6 is 0 Å². The Morgan fingerprint density at radius 1 is 1.26 bits per heavy atom. The zero-order valence-corrected chi connectivity index (χ0v) is 12.8. The van der Waals surface area contributed by atoms with Crippen molar-refractivity contribution in [2.45, 2.75) is 19.4 Å². The van der Waals surface area contributed by atoms with Crippen molar-refractivity contribution in [3.63, 3.8) is 0 Å². The number of hydrogen-bond donors (Lipinski definition) is 3. The molecule has 0 spiro atoms. The van der Waals surface area contributed by atoms with Crippen LogP contribution in [0.15, 0.2) is 30.3 Å². The van der Waals surface area contributed by atoms with Gasteiger partial charge in [0, 0.05) is 31.0 Å². The second-order valence-electron chi connectivity index (χ2n) is 4.95. The summed E-state index contributed by atoms with van der Waals surface area (Å²) >= 11 is 0. The fourth-order valence-corrected chi connectivity index (χ4v) is 2.15. The smallest absolute Gasteiger partial charge is 0.315 e. The minimum Gasteiger partial charge on any atom is -0.481 e. The molecule has 122 valence electrons. The molecule has 0 bridgehead atoms. The van der Waals surface area contributed by atoms with Gasteiger partial charge in [0.25, 0.3) is 0 Å². The average molecular weight is 317 g/mol. The van der Waals surface area contributed by atoms with Gasteiger partial charge < -0.3 is 20.5 Å². The molecule has 7 heteroatoms. The molecule has 23 heavy (non-hydrogen) atoms. The number of para-hydroxylation sites is 1. The Balaban J connectivity index is 1.96. The van der Waals surface area contributed by atoms with E-state index in [1.54, 1.807) is 13.2 Å². The molecule has 0 saturated heterocycles. The molecule has 3 N–H and O–H groups in total. The number of benzene rings is 1. The van der Waals surface area contributed by atoms with Crippen molar-refractivity contribution >= 4 is 22.9 Å². The molecule has 1 heterocycles. The first kappa shape index (κ1) is 16.5. The summed E-state index contributed by atoms with van der Waals surface area (Å²) in [5.74, 6) is -0.384. The summed E-state index contributed by atoms with van der Waals surface area (Å²) < 4.78 is 5.18. The Morgan fingerprint density at radius 3 is 2.78 bits per heavy atom. The second-order valence-corrected chi connectivity index (χ2v) is 4.95. The monoisotopic (exact) mass is 317 g/mol. The number of carboxylic acid groups (broad SMARTS) is 1. The molecular formula is C16H19N3O4. The highest BCUT2D eigenvalue weighted by Crippen LogP contribution is 2.21. The molecular weight excluding hydrogens is 298 g/mol. The predicted octanol–water partition coefficient (Wildman–Crippen LogP) is 1.91. The summed E-state index contributed by atoms with van der Waals surface area (Å²) in [6.07, 6.45) is 0.432. The van der Waals surface area contributed by atoms with Crippen LogP contribution in [-0.4, -0.2) is 35.7 Å². The van der Waals surface area contributed by atoms with Crippen molar-refractivity contribution in [3.05, 3.63) is 35.9 Å². The SMILES string of the molecule is COc1cc(CNC(=O)NCCCC(=O)O)c2ccccc2n1. The van der Waals surface area contributed by atoms with Crippen LogP contribution in [0.5, 0.6) is 5.88 Å². The van der Waals surface area contributed by atoms with Crippen molar-refractivity contribution in [2.75, 3.05) is 13.7 Å². The van der Waals surface area contributed by atoms with E-state index < -0.39 is 5.97 Å². The lowest BCUT2D eigenvalue weighted by Crippen LogP contribution is -2.35. The van der Waals surface area contributed by atoms with E-state index >= 15 is 0 Å². The maximum Gasteiger partial charge on any atom is 0.315 e. The molecule has 2 rings (SSSR count). The van der Waals surface area contributed by atoms with Gasteiger partial charge in [-0.1, -0.05) is 18.2 Å². The molecule has 2 aromatic rings.